The molecule has 26 heavy (non-hydrogen) atoms. The van der Waals surface area contributed by atoms with Gasteiger partial charge >= 0.3 is 0 Å². The van der Waals surface area contributed by atoms with Crippen molar-refractivity contribution in [2.24, 2.45) is 0 Å². The van der Waals surface area contributed by atoms with Crippen LogP contribution in [0.25, 0.3) is 0 Å². The number of amides is 1. The summed E-state index contributed by atoms with van der Waals surface area (Å²) in [7, 11) is 3.26. The van der Waals surface area contributed by atoms with Crippen LogP contribution in [0, 0.1) is 0 Å². The molecule has 138 valence electrons. The number of rotatable bonds is 8. The number of nitrogens with zero attached hydrogens (tertiary/aromatic N) is 1. The SMILES string of the molecule is CCC(=O)c1ccc(OCC(=O)N(C)Cc2cc(Cl)ccc2OC)cc1. The molecule has 0 aromatic heterocycles. The third-order valence-electron chi connectivity index (χ3n) is 3.94. The molecule has 5 nitrogen and oxygen atoms in total. The van der Waals surface area contributed by atoms with E-state index in [0.29, 0.717) is 35.1 Å². The van der Waals surface area contributed by atoms with Gasteiger partial charge in [0.05, 0.1) is 7.11 Å². The maximum atomic E-state index is 12.3. The fraction of sp³-hybridized carbons (Fsp3) is 0.300. The molecule has 0 N–H and O–H groups in total. The molecule has 0 atom stereocenters. The van der Waals surface area contributed by atoms with Crippen molar-refractivity contribution in [2.45, 2.75) is 19.9 Å². The molecule has 0 unspecified atom stereocenters. The maximum Gasteiger partial charge on any atom is 0.260 e. The second-order valence-electron chi connectivity index (χ2n) is 5.80. The molecule has 0 heterocycles. The van der Waals surface area contributed by atoms with Crippen LogP contribution in [0.15, 0.2) is 42.5 Å². The molecule has 2 rings (SSSR count). The third-order valence-corrected chi connectivity index (χ3v) is 4.17. The summed E-state index contributed by atoms with van der Waals surface area (Å²) in [5, 5.41) is 0.583. The highest BCUT2D eigenvalue weighted by atomic mass is 35.5. The number of hydrogen-bond donors (Lipinski definition) is 0. The van der Waals surface area contributed by atoms with Gasteiger partial charge in [-0.15, -0.1) is 0 Å². The van der Waals surface area contributed by atoms with Gasteiger partial charge in [-0.05, 0) is 42.5 Å². The Morgan fingerprint density at radius 2 is 1.81 bits per heavy atom. The Labute approximate surface area is 158 Å². The summed E-state index contributed by atoms with van der Waals surface area (Å²) in [6, 6.07) is 12.1. The van der Waals surface area contributed by atoms with Crippen LogP contribution < -0.4 is 9.47 Å². The van der Waals surface area contributed by atoms with Crippen molar-refractivity contribution in [2.75, 3.05) is 20.8 Å². The second-order valence-corrected chi connectivity index (χ2v) is 6.23. The largest absolute Gasteiger partial charge is 0.496 e. The molecule has 2 aromatic carbocycles. The van der Waals surface area contributed by atoms with E-state index in [1.807, 2.05) is 6.92 Å². The van der Waals surface area contributed by atoms with E-state index in [4.69, 9.17) is 21.1 Å². The normalized spacial score (nSPS) is 10.3. The molecule has 0 saturated carbocycles. The van der Waals surface area contributed by atoms with Crippen molar-refractivity contribution in [3.8, 4) is 11.5 Å². The lowest BCUT2D eigenvalue weighted by Crippen LogP contribution is -2.31. The average molecular weight is 376 g/mol. The van der Waals surface area contributed by atoms with Crippen molar-refractivity contribution in [1.82, 2.24) is 4.90 Å². The summed E-state index contributed by atoms with van der Waals surface area (Å²) in [5.74, 6) is 1.11. The summed E-state index contributed by atoms with van der Waals surface area (Å²) in [4.78, 5) is 25.5. The molecular formula is C20H22ClNO4. The highest BCUT2D eigenvalue weighted by Crippen LogP contribution is 2.23. The van der Waals surface area contributed by atoms with Gasteiger partial charge in [-0.2, -0.15) is 0 Å². The summed E-state index contributed by atoms with van der Waals surface area (Å²) >= 11 is 6.02. The van der Waals surface area contributed by atoms with Gasteiger partial charge in [0.1, 0.15) is 11.5 Å². The molecule has 0 fully saturated rings. The highest BCUT2D eigenvalue weighted by Gasteiger charge is 2.13. The molecule has 6 heteroatoms. The maximum absolute atomic E-state index is 12.3. The number of carbonyl (C=O) groups excluding carboxylic acids is 2. The first-order chi connectivity index (χ1) is 12.4. The lowest BCUT2D eigenvalue weighted by molar-refractivity contribution is -0.132. The van der Waals surface area contributed by atoms with Gasteiger partial charge in [0, 0.05) is 36.2 Å². The summed E-state index contributed by atoms with van der Waals surface area (Å²) in [6.07, 6.45) is 0.455. The molecule has 0 bridgehead atoms. The van der Waals surface area contributed by atoms with Crippen LogP contribution in [0.5, 0.6) is 11.5 Å². The van der Waals surface area contributed by atoms with Crippen LogP contribution in [0.4, 0.5) is 0 Å². The quantitative estimate of drug-likeness (QED) is 0.655. The van der Waals surface area contributed by atoms with Crippen molar-refractivity contribution in [3.63, 3.8) is 0 Å². The number of halogens is 1. The zero-order valence-electron chi connectivity index (χ0n) is 15.1. The lowest BCUT2D eigenvalue weighted by atomic mass is 10.1. The Morgan fingerprint density at radius 3 is 2.42 bits per heavy atom. The first kappa shape index (κ1) is 19.8. The molecule has 0 aliphatic carbocycles. The fourth-order valence-corrected chi connectivity index (χ4v) is 2.61. The van der Waals surface area contributed by atoms with E-state index < -0.39 is 0 Å². The Kier molecular flexibility index (Phi) is 7.04. The molecular weight excluding hydrogens is 354 g/mol. The van der Waals surface area contributed by atoms with E-state index in [0.717, 1.165) is 5.56 Å². The smallest absolute Gasteiger partial charge is 0.260 e. The second kappa shape index (κ2) is 9.25. The van der Waals surface area contributed by atoms with Gasteiger partial charge in [-0.3, -0.25) is 9.59 Å². The first-order valence-electron chi connectivity index (χ1n) is 8.27. The zero-order chi connectivity index (χ0) is 19.1. The van der Waals surface area contributed by atoms with Crippen LogP contribution in [0.1, 0.15) is 29.3 Å². The van der Waals surface area contributed by atoms with Crippen LogP contribution in [-0.2, 0) is 11.3 Å². The molecule has 0 radical (unpaired) electrons. The van der Waals surface area contributed by atoms with E-state index in [-0.39, 0.29) is 18.3 Å². The van der Waals surface area contributed by atoms with Gasteiger partial charge in [0.2, 0.25) is 0 Å². The topological polar surface area (TPSA) is 55.8 Å². The van der Waals surface area contributed by atoms with Gasteiger partial charge in [-0.1, -0.05) is 18.5 Å². The number of likely N-dealkylation sites (N-methyl/N-ethyl adjacent to an activating group) is 1. The van der Waals surface area contributed by atoms with Gasteiger partial charge in [0.15, 0.2) is 12.4 Å². The van der Waals surface area contributed by atoms with Crippen LogP contribution >= 0.6 is 11.6 Å². The van der Waals surface area contributed by atoms with E-state index in [2.05, 4.69) is 0 Å². The minimum absolute atomic E-state index is 0.0721. The number of carbonyl (C=O) groups is 2. The van der Waals surface area contributed by atoms with Crippen molar-refractivity contribution in [1.29, 1.82) is 0 Å². The zero-order valence-corrected chi connectivity index (χ0v) is 15.9. The number of hydrogen-bond acceptors (Lipinski definition) is 4. The number of ketones is 1. The highest BCUT2D eigenvalue weighted by molar-refractivity contribution is 6.30. The molecule has 0 saturated heterocycles. The minimum Gasteiger partial charge on any atom is -0.496 e. The minimum atomic E-state index is -0.180. The summed E-state index contributed by atoms with van der Waals surface area (Å²) in [6.45, 7) is 2.08. The number of benzene rings is 2. The van der Waals surface area contributed by atoms with E-state index in [9.17, 15) is 9.59 Å². The Bertz CT molecular complexity index is 774. The molecule has 2 aromatic rings. The van der Waals surface area contributed by atoms with Crippen molar-refractivity contribution >= 4 is 23.3 Å². The summed E-state index contributed by atoms with van der Waals surface area (Å²) < 4.78 is 10.8. The Balaban J connectivity index is 1.93. The third kappa shape index (κ3) is 5.23. The molecule has 0 aliphatic rings. The lowest BCUT2D eigenvalue weighted by Gasteiger charge is -2.19. The van der Waals surface area contributed by atoms with Gasteiger partial charge in [-0.25, -0.2) is 0 Å². The van der Waals surface area contributed by atoms with Crippen molar-refractivity contribution in [3.05, 3.63) is 58.6 Å². The predicted molar refractivity (Wildman–Crippen MR) is 101 cm³/mol. The van der Waals surface area contributed by atoms with E-state index in [1.165, 1.54) is 0 Å². The average Bonchev–Trinajstić information content (AvgIpc) is 2.66. The first-order valence-corrected chi connectivity index (χ1v) is 8.64. The Hall–Kier alpha value is -2.53. The molecule has 0 aliphatic heterocycles. The molecule has 1 amide bonds. The number of ether oxygens (including phenoxy) is 2. The number of Topliss-reactive ketones (excluding diaryl/α,β-unsaturated/α-hetero) is 1. The van der Waals surface area contributed by atoms with Crippen molar-refractivity contribution < 1.29 is 19.1 Å². The van der Waals surface area contributed by atoms with E-state index >= 15 is 0 Å². The fourth-order valence-electron chi connectivity index (χ4n) is 2.41. The number of methoxy groups -OCH3 is 1. The monoisotopic (exact) mass is 375 g/mol. The Morgan fingerprint density at radius 1 is 1.12 bits per heavy atom. The van der Waals surface area contributed by atoms with Crippen LogP contribution in [0.2, 0.25) is 5.02 Å². The van der Waals surface area contributed by atoms with Crippen LogP contribution in [0.3, 0.4) is 0 Å². The van der Waals surface area contributed by atoms with E-state index in [1.54, 1.807) is 61.5 Å². The predicted octanol–water partition coefficient (Wildman–Crippen LogP) is 3.98. The summed E-state index contributed by atoms with van der Waals surface area (Å²) in [5.41, 5.74) is 1.45. The standard InChI is InChI=1S/C20H22ClNO4/c1-4-18(23)14-5-8-17(9-6-14)26-13-20(24)22(2)12-15-11-16(21)7-10-19(15)25-3/h5-11H,4,12-13H2,1-3H3. The van der Waals surface area contributed by atoms with Gasteiger partial charge < -0.3 is 14.4 Å². The molecule has 0 spiro atoms. The van der Waals surface area contributed by atoms with Gasteiger partial charge in [0.25, 0.3) is 5.91 Å². The van der Waals surface area contributed by atoms with Crippen LogP contribution in [-0.4, -0.2) is 37.4 Å².